The number of carboxylic acid groups (broad SMARTS) is 1. The number of aliphatic carboxylic acids is 1. The van der Waals surface area contributed by atoms with Crippen LogP contribution in [0.2, 0.25) is 0 Å². The van der Waals surface area contributed by atoms with Gasteiger partial charge in [-0.15, -0.1) is 24.9 Å². The van der Waals surface area contributed by atoms with Gasteiger partial charge in [0.15, 0.2) is 0 Å². The number of alkyl halides is 3. The zero-order chi connectivity index (χ0) is 16.5. The largest absolute Gasteiger partial charge is 0.573 e. The summed E-state index contributed by atoms with van der Waals surface area (Å²) in [6.07, 6.45) is -2.96. The highest BCUT2D eigenvalue weighted by molar-refractivity contribution is 7.98. The number of amides is 1. The average Bonchev–Trinajstić information content (AvgIpc) is 2.34. The Morgan fingerprint density at radius 2 is 2.09 bits per heavy atom. The Bertz CT molecular complexity index is 605. The van der Waals surface area contributed by atoms with Crippen molar-refractivity contribution >= 4 is 23.6 Å². The topological polar surface area (TPSA) is 66.8 Å². The molecule has 0 saturated carbocycles. The monoisotopic (exact) mass is 335 g/mol. The molecule has 0 aliphatic carbocycles. The molecule has 2 rings (SSSR count). The van der Waals surface area contributed by atoms with E-state index >= 15 is 0 Å². The summed E-state index contributed by atoms with van der Waals surface area (Å²) in [6, 6.07) is 2.75. The van der Waals surface area contributed by atoms with Crippen molar-refractivity contribution in [3.8, 4) is 5.75 Å². The molecule has 22 heavy (non-hydrogen) atoms. The number of rotatable bonds is 4. The fraction of sp³-hybridized carbons (Fsp3) is 0.385. The second-order valence-corrected chi connectivity index (χ2v) is 5.40. The van der Waals surface area contributed by atoms with Crippen LogP contribution < -0.4 is 4.74 Å². The average molecular weight is 335 g/mol. The molecule has 1 amide bonds. The minimum Gasteiger partial charge on any atom is -0.480 e. The Balaban J connectivity index is 2.26. The van der Waals surface area contributed by atoms with Gasteiger partial charge in [-0.3, -0.25) is 4.79 Å². The third-order valence-corrected chi connectivity index (χ3v) is 3.98. The van der Waals surface area contributed by atoms with Gasteiger partial charge in [0.25, 0.3) is 5.91 Å². The van der Waals surface area contributed by atoms with Gasteiger partial charge in [0.2, 0.25) is 0 Å². The summed E-state index contributed by atoms with van der Waals surface area (Å²) in [6.45, 7) is 0.259. The van der Waals surface area contributed by atoms with Crippen molar-refractivity contribution in [2.75, 3.05) is 12.8 Å². The number of hydrogen-bond donors (Lipinski definition) is 1. The number of hydrogen-bond acceptors (Lipinski definition) is 4. The van der Waals surface area contributed by atoms with E-state index in [1.54, 1.807) is 6.26 Å². The maximum atomic E-state index is 12.4. The highest BCUT2D eigenvalue weighted by atomic mass is 32.2. The molecule has 1 aliphatic heterocycles. The fourth-order valence-corrected chi connectivity index (χ4v) is 2.57. The minimum atomic E-state index is -4.87. The highest BCUT2D eigenvalue weighted by Crippen LogP contribution is 2.34. The normalized spacial score (nSPS) is 17.8. The van der Waals surface area contributed by atoms with Crippen LogP contribution in [0.4, 0.5) is 13.2 Å². The van der Waals surface area contributed by atoms with Crippen molar-refractivity contribution < 1.29 is 32.6 Å². The molecule has 9 heteroatoms. The summed E-state index contributed by atoms with van der Waals surface area (Å²) in [4.78, 5) is 24.4. The summed E-state index contributed by atoms with van der Waals surface area (Å²) in [5, 5.41) is 8.92. The number of carboxylic acids is 1. The lowest BCUT2D eigenvalue weighted by atomic mass is 10.0. The minimum absolute atomic E-state index is 0.0389. The molecule has 0 spiro atoms. The van der Waals surface area contributed by atoms with Crippen molar-refractivity contribution in [2.45, 2.75) is 23.7 Å². The number of ether oxygens (including phenoxy) is 1. The van der Waals surface area contributed by atoms with Crippen molar-refractivity contribution in [1.82, 2.24) is 4.90 Å². The van der Waals surface area contributed by atoms with Gasteiger partial charge in [-0.05, 0) is 30.9 Å². The molecule has 0 bridgehead atoms. The molecule has 1 atom stereocenters. The van der Waals surface area contributed by atoms with Crippen LogP contribution in [0, 0.1) is 0 Å². The van der Waals surface area contributed by atoms with Crippen LogP contribution in [0.5, 0.6) is 5.75 Å². The predicted molar refractivity (Wildman–Crippen MR) is 72.0 cm³/mol. The van der Waals surface area contributed by atoms with E-state index in [1.807, 2.05) is 0 Å². The fourth-order valence-electron chi connectivity index (χ4n) is 2.07. The number of benzene rings is 1. The molecular weight excluding hydrogens is 323 g/mol. The van der Waals surface area contributed by atoms with Crippen molar-refractivity contribution in [3.63, 3.8) is 0 Å². The Morgan fingerprint density at radius 1 is 1.41 bits per heavy atom. The summed E-state index contributed by atoms with van der Waals surface area (Å²) >= 11 is 1.05. The zero-order valence-electron chi connectivity index (χ0n) is 11.4. The zero-order valence-corrected chi connectivity index (χ0v) is 12.2. The maximum absolute atomic E-state index is 12.4. The van der Waals surface area contributed by atoms with Crippen LogP contribution in [0.25, 0.3) is 0 Å². The highest BCUT2D eigenvalue weighted by Gasteiger charge is 2.38. The number of nitrogens with zero attached hydrogens (tertiary/aromatic N) is 1. The second-order valence-electron chi connectivity index (χ2n) is 4.55. The Kier molecular flexibility index (Phi) is 4.55. The van der Waals surface area contributed by atoms with Gasteiger partial charge in [-0.25, -0.2) is 4.79 Å². The van der Waals surface area contributed by atoms with Crippen LogP contribution >= 0.6 is 11.8 Å². The van der Waals surface area contributed by atoms with Gasteiger partial charge in [-0.1, -0.05) is 0 Å². The first-order valence-corrected chi connectivity index (χ1v) is 7.43. The summed E-state index contributed by atoms with van der Waals surface area (Å²) in [5.74, 6) is -2.23. The van der Waals surface area contributed by atoms with E-state index in [9.17, 15) is 22.8 Å². The number of thioether (sulfide) groups is 1. The molecule has 1 saturated heterocycles. The molecule has 1 heterocycles. The van der Waals surface area contributed by atoms with Crippen LogP contribution in [0.15, 0.2) is 23.1 Å². The van der Waals surface area contributed by atoms with Gasteiger partial charge in [0.05, 0.1) is 0 Å². The van der Waals surface area contributed by atoms with Gasteiger partial charge >= 0.3 is 12.3 Å². The number of carbonyl (C=O) groups is 2. The standard InChI is InChI=1S/C13H12F3NO4S/c1-22-10-3-2-7(6-9(10)21-13(14,15)16)11(18)17-5-4-8(17)12(19)20/h2-3,6,8H,4-5H2,1H3,(H,19,20). The lowest BCUT2D eigenvalue weighted by molar-refractivity contribution is -0.275. The molecule has 1 aliphatic rings. The molecule has 1 aromatic rings. The van der Waals surface area contributed by atoms with Gasteiger partial charge in [0.1, 0.15) is 11.8 Å². The molecule has 0 aromatic heterocycles. The molecule has 5 nitrogen and oxygen atoms in total. The van der Waals surface area contributed by atoms with Crippen molar-refractivity contribution in [1.29, 1.82) is 0 Å². The van der Waals surface area contributed by atoms with E-state index in [1.165, 1.54) is 12.1 Å². The molecular formula is C13H12F3NO4S. The lowest BCUT2D eigenvalue weighted by Crippen LogP contribution is -2.55. The van der Waals surface area contributed by atoms with Crippen LogP contribution in [-0.2, 0) is 4.79 Å². The van der Waals surface area contributed by atoms with Gasteiger partial charge in [0, 0.05) is 17.0 Å². The van der Waals surface area contributed by atoms with Gasteiger partial charge < -0.3 is 14.7 Å². The number of likely N-dealkylation sites (tertiary alicyclic amines) is 1. The Morgan fingerprint density at radius 3 is 2.55 bits per heavy atom. The second kappa shape index (κ2) is 6.07. The predicted octanol–water partition coefficient (Wildman–Crippen LogP) is 2.61. The number of carbonyl (C=O) groups excluding carboxylic acids is 1. The molecule has 1 N–H and O–H groups in total. The summed E-state index contributed by atoms with van der Waals surface area (Å²) in [7, 11) is 0. The molecule has 1 aromatic carbocycles. The third-order valence-electron chi connectivity index (χ3n) is 3.20. The Hall–Kier alpha value is -1.90. The first-order chi connectivity index (χ1) is 10.2. The quantitative estimate of drug-likeness (QED) is 0.857. The van der Waals surface area contributed by atoms with Crippen LogP contribution in [-0.4, -0.2) is 47.1 Å². The van der Waals surface area contributed by atoms with E-state index in [2.05, 4.69) is 4.74 Å². The van der Waals surface area contributed by atoms with Crippen molar-refractivity contribution in [3.05, 3.63) is 23.8 Å². The van der Waals surface area contributed by atoms with E-state index in [0.29, 0.717) is 6.42 Å². The van der Waals surface area contributed by atoms with E-state index < -0.39 is 30.0 Å². The Labute approximate surface area is 128 Å². The van der Waals surface area contributed by atoms with E-state index in [-0.39, 0.29) is 17.0 Å². The smallest absolute Gasteiger partial charge is 0.480 e. The molecule has 1 unspecified atom stereocenters. The summed E-state index contributed by atoms with van der Waals surface area (Å²) in [5.41, 5.74) is -0.0389. The van der Waals surface area contributed by atoms with E-state index in [4.69, 9.17) is 5.11 Å². The first-order valence-electron chi connectivity index (χ1n) is 6.20. The molecule has 1 fully saturated rings. The summed E-state index contributed by atoms with van der Waals surface area (Å²) < 4.78 is 41.1. The lowest BCUT2D eigenvalue weighted by Gasteiger charge is -2.38. The van der Waals surface area contributed by atoms with Crippen LogP contribution in [0.3, 0.4) is 0 Å². The SMILES string of the molecule is CSc1ccc(C(=O)N2CCC2C(=O)O)cc1OC(F)(F)F. The van der Waals surface area contributed by atoms with E-state index in [0.717, 1.165) is 22.7 Å². The van der Waals surface area contributed by atoms with Crippen LogP contribution in [0.1, 0.15) is 16.8 Å². The number of halogens is 3. The van der Waals surface area contributed by atoms with Crippen molar-refractivity contribution in [2.24, 2.45) is 0 Å². The maximum Gasteiger partial charge on any atom is 0.573 e. The first kappa shape index (κ1) is 16.5. The third kappa shape index (κ3) is 3.46. The molecule has 120 valence electrons. The van der Waals surface area contributed by atoms with Gasteiger partial charge in [-0.2, -0.15) is 0 Å². The molecule has 0 radical (unpaired) electrons.